The maximum absolute atomic E-state index is 5.28. The third kappa shape index (κ3) is 5.16. The fraction of sp³-hybridized carbons (Fsp3) is 0.0189. The summed E-state index contributed by atoms with van der Waals surface area (Å²) in [6, 6.07) is 74.5. The van der Waals surface area contributed by atoms with Crippen LogP contribution < -0.4 is 0 Å². The molecule has 0 amide bonds. The average Bonchev–Trinajstić information content (AvgIpc) is 3.81. The Hall–Kier alpha value is -6.94. The van der Waals surface area contributed by atoms with Gasteiger partial charge in [0, 0.05) is 36.9 Å². The van der Waals surface area contributed by atoms with E-state index in [-0.39, 0.29) is 0 Å². The third-order valence-electron chi connectivity index (χ3n) is 11.4. The molecule has 2 nitrogen and oxygen atoms in total. The molecule has 8 aromatic carbocycles. The molecule has 262 valence electrons. The van der Waals surface area contributed by atoms with E-state index in [0.29, 0.717) is 5.82 Å². The van der Waals surface area contributed by atoms with Crippen molar-refractivity contribution in [1.29, 1.82) is 0 Å². The molecule has 0 saturated heterocycles. The maximum atomic E-state index is 5.28. The van der Waals surface area contributed by atoms with E-state index in [1.807, 2.05) is 17.4 Å². The highest BCUT2D eigenvalue weighted by Crippen LogP contribution is 2.56. The summed E-state index contributed by atoms with van der Waals surface area (Å²) >= 11 is 1.85. The van der Waals surface area contributed by atoms with Gasteiger partial charge in [0.05, 0.1) is 16.8 Å². The van der Waals surface area contributed by atoms with Crippen molar-refractivity contribution >= 4 is 31.5 Å². The molecule has 0 fully saturated rings. The number of aromatic nitrogens is 2. The Kier molecular flexibility index (Phi) is 7.61. The van der Waals surface area contributed by atoms with Crippen LogP contribution in [0.1, 0.15) is 22.3 Å². The summed E-state index contributed by atoms with van der Waals surface area (Å²) in [5, 5.41) is 2.60. The molecule has 1 aliphatic rings. The first-order valence-corrected chi connectivity index (χ1v) is 19.9. The number of hydrogen-bond acceptors (Lipinski definition) is 3. The molecule has 0 atom stereocenters. The van der Waals surface area contributed by atoms with Crippen molar-refractivity contribution in [1.82, 2.24) is 9.97 Å². The van der Waals surface area contributed by atoms with Gasteiger partial charge in [-0.15, -0.1) is 11.3 Å². The standard InChI is InChI=1S/C53H34N2S/c1-3-15-35(16-4-1)52-54-48(38-18-13-17-36(31-38)37-29-30-51-45(33-37)44-25-9-12-28-50(44)56-51)34-49(55-52)39-19-14-22-41(32-39)53(40-20-5-2-6-21-40)46-26-10-7-23-42(46)43-24-8-11-27-47(43)53/h1-34H. The first-order chi connectivity index (χ1) is 27.7. The van der Waals surface area contributed by atoms with E-state index in [4.69, 9.17) is 9.97 Å². The summed E-state index contributed by atoms with van der Waals surface area (Å²) in [6.07, 6.45) is 0. The number of thiophene rings is 1. The highest BCUT2D eigenvalue weighted by Gasteiger charge is 2.45. The van der Waals surface area contributed by atoms with Crippen LogP contribution in [0.4, 0.5) is 0 Å². The van der Waals surface area contributed by atoms with Gasteiger partial charge in [-0.05, 0) is 80.9 Å². The quantitative estimate of drug-likeness (QED) is 0.170. The molecule has 0 unspecified atom stereocenters. The van der Waals surface area contributed by atoms with E-state index in [1.54, 1.807) is 0 Å². The molecule has 0 bridgehead atoms. The number of rotatable bonds is 6. The van der Waals surface area contributed by atoms with Gasteiger partial charge in [-0.3, -0.25) is 0 Å². The van der Waals surface area contributed by atoms with Crippen molar-refractivity contribution in [2.75, 3.05) is 0 Å². The van der Waals surface area contributed by atoms with Crippen molar-refractivity contribution in [2.24, 2.45) is 0 Å². The summed E-state index contributed by atoms with van der Waals surface area (Å²) in [5.41, 5.74) is 14.3. The highest BCUT2D eigenvalue weighted by molar-refractivity contribution is 7.25. The van der Waals surface area contributed by atoms with Crippen LogP contribution in [0.5, 0.6) is 0 Å². The second-order valence-corrected chi connectivity index (χ2v) is 15.6. The van der Waals surface area contributed by atoms with Crippen molar-refractivity contribution in [3.05, 3.63) is 229 Å². The van der Waals surface area contributed by atoms with Gasteiger partial charge in [0.2, 0.25) is 0 Å². The minimum atomic E-state index is -0.494. The fourth-order valence-electron chi connectivity index (χ4n) is 8.85. The van der Waals surface area contributed by atoms with E-state index >= 15 is 0 Å². The van der Waals surface area contributed by atoms with Crippen LogP contribution in [0.15, 0.2) is 206 Å². The van der Waals surface area contributed by atoms with Crippen molar-refractivity contribution < 1.29 is 0 Å². The summed E-state index contributed by atoms with van der Waals surface area (Å²) in [5.74, 6) is 0.703. The van der Waals surface area contributed by atoms with Gasteiger partial charge in [0.1, 0.15) is 0 Å². The maximum Gasteiger partial charge on any atom is 0.160 e. The predicted molar refractivity (Wildman–Crippen MR) is 234 cm³/mol. The third-order valence-corrected chi connectivity index (χ3v) is 12.5. The van der Waals surface area contributed by atoms with Gasteiger partial charge < -0.3 is 0 Å². The highest BCUT2D eigenvalue weighted by atomic mass is 32.1. The fourth-order valence-corrected chi connectivity index (χ4v) is 9.93. The smallest absolute Gasteiger partial charge is 0.160 e. The minimum Gasteiger partial charge on any atom is -0.228 e. The molecule has 56 heavy (non-hydrogen) atoms. The van der Waals surface area contributed by atoms with E-state index < -0.39 is 5.41 Å². The molecule has 2 heterocycles. The van der Waals surface area contributed by atoms with Crippen LogP contribution in [-0.4, -0.2) is 9.97 Å². The monoisotopic (exact) mass is 730 g/mol. The molecule has 0 N–H and O–H groups in total. The molecule has 0 radical (unpaired) electrons. The SMILES string of the molecule is c1ccc(-c2nc(-c3cccc(-c4ccc5sc6ccccc6c5c4)c3)cc(-c3cccc(C4(c5ccccc5)c5ccccc5-c5ccccc54)c3)n2)cc1. The van der Waals surface area contributed by atoms with Crippen LogP contribution in [0.2, 0.25) is 0 Å². The zero-order valence-corrected chi connectivity index (χ0v) is 31.2. The Labute approximate surface area is 330 Å². The van der Waals surface area contributed by atoms with Crippen LogP contribution in [-0.2, 0) is 5.41 Å². The molecule has 0 spiro atoms. The normalized spacial score (nSPS) is 12.8. The zero-order chi connectivity index (χ0) is 37.1. The van der Waals surface area contributed by atoms with Crippen molar-refractivity contribution in [2.45, 2.75) is 5.41 Å². The van der Waals surface area contributed by atoms with Gasteiger partial charge in [-0.2, -0.15) is 0 Å². The number of benzene rings is 8. The van der Waals surface area contributed by atoms with Crippen LogP contribution in [0.25, 0.3) is 76.3 Å². The second kappa shape index (κ2) is 13.1. The molecule has 1 aliphatic carbocycles. The molecular weight excluding hydrogens is 697 g/mol. The Morgan fingerprint density at radius 3 is 1.62 bits per heavy atom. The lowest BCUT2D eigenvalue weighted by Crippen LogP contribution is -2.28. The Morgan fingerprint density at radius 1 is 0.339 bits per heavy atom. The van der Waals surface area contributed by atoms with Gasteiger partial charge in [-0.1, -0.05) is 170 Å². The molecule has 0 saturated carbocycles. The molecular formula is C53H34N2S. The lowest BCUT2D eigenvalue weighted by Gasteiger charge is -2.34. The van der Waals surface area contributed by atoms with E-state index in [9.17, 15) is 0 Å². The summed E-state index contributed by atoms with van der Waals surface area (Å²) in [7, 11) is 0. The molecule has 11 rings (SSSR count). The lowest BCUT2D eigenvalue weighted by molar-refractivity contribution is 0.768. The number of nitrogens with zero attached hydrogens (tertiary/aromatic N) is 2. The molecule has 0 aliphatic heterocycles. The second-order valence-electron chi connectivity index (χ2n) is 14.5. The first-order valence-electron chi connectivity index (χ1n) is 19.1. The first kappa shape index (κ1) is 32.5. The zero-order valence-electron chi connectivity index (χ0n) is 30.4. The Bertz CT molecular complexity index is 3040. The van der Waals surface area contributed by atoms with Gasteiger partial charge in [-0.25, -0.2) is 9.97 Å². The molecule has 3 heteroatoms. The summed E-state index contributed by atoms with van der Waals surface area (Å²) in [4.78, 5) is 10.5. The summed E-state index contributed by atoms with van der Waals surface area (Å²) in [6.45, 7) is 0. The summed E-state index contributed by atoms with van der Waals surface area (Å²) < 4.78 is 2.62. The van der Waals surface area contributed by atoms with Crippen molar-refractivity contribution in [3.8, 4) is 56.2 Å². The van der Waals surface area contributed by atoms with Crippen LogP contribution in [0.3, 0.4) is 0 Å². The lowest BCUT2D eigenvalue weighted by atomic mass is 9.67. The Balaban J connectivity index is 1.08. The van der Waals surface area contributed by atoms with E-state index in [0.717, 1.165) is 33.6 Å². The van der Waals surface area contributed by atoms with Crippen molar-refractivity contribution in [3.63, 3.8) is 0 Å². The predicted octanol–water partition coefficient (Wildman–Crippen LogP) is 13.9. The largest absolute Gasteiger partial charge is 0.228 e. The average molecular weight is 731 g/mol. The molecule has 2 aromatic heterocycles. The molecule has 10 aromatic rings. The van der Waals surface area contributed by atoms with Crippen LogP contribution in [0, 0.1) is 0 Å². The van der Waals surface area contributed by atoms with Crippen LogP contribution >= 0.6 is 11.3 Å². The minimum absolute atomic E-state index is 0.494. The van der Waals surface area contributed by atoms with E-state index in [2.05, 4.69) is 200 Å². The topological polar surface area (TPSA) is 25.8 Å². The number of hydrogen-bond donors (Lipinski definition) is 0. The van der Waals surface area contributed by atoms with E-state index in [1.165, 1.54) is 59.1 Å². The Morgan fingerprint density at radius 2 is 0.875 bits per heavy atom. The van der Waals surface area contributed by atoms with Gasteiger partial charge in [0.15, 0.2) is 5.82 Å². The number of fused-ring (bicyclic) bond motifs is 6. The van der Waals surface area contributed by atoms with Gasteiger partial charge in [0.25, 0.3) is 0 Å². The van der Waals surface area contributed by atoms with Gasteiger partial charge >= 0.3 is 0 Å².